The highest BCUT2D eigenvalue weighted by molar-refractivity contribution is 7.16. The molecule has 1 aromatic heterocycles. The maximum atomic E-state index is 13.4. The third kappa shape index (κ3) is 2.55. The number of carbonyl (C=O) groups is 1. The number of hydrogen-bond donors (Lipinski definition) is 0. The molecule has 0 aliphatic carbocycles. The van der Waals surface area contributed by atoms with E-state index in [2.05, 4.69) is 4.99 Å². The standard InChI is InChI=1S/C23H16N2O4S/c1-25-15-10-18-19(28-12-27-18)11-20(15)30-23(25)24-22(26)21-13-6-2-4-8-16(13)29-17-9-5-3-7-14(17)21/h2-11,21H,12H2,1H3. The molecular weight excluding hydrogens is 400 g/mol. The average Bonchev–Trinajstić information content (AvgIpc) is 3.34. The van der Waals surface area contributed by atoms with Crippen LogP contribution in [0.3, 0.4) is 0 Å². The summed E-state index contributed by atoms with van der Waals surface area (Å²) >= 11 is 1.45. The molecule has 0 saturated carbocycles. The van der Waals surface area contributed by atoms with E-state index in [9.17, 15) is 4.79 Å². The number of hydrogen-bond acceptors (Lipinski definition) is 5. The van der Waals surface area contributed by atoms with Crippen molar-refractivity contribution in [2.75, 3.05) is 6.79 Å². The quantitative estimate of drug-likeness (QED) is 0.463. The monoisotopic (exact) mass is 416 g/mol. The average molecular weight is 416 g/mol. The van der Waals surface area contributed by atoms with Crippen molar-refractivity contribution >= 4 is 27.5 Å². The first-order chi connectivity index (χ1) is 14.7. The van der Waals surface area contributed by atoms with Crippen LogP contribution in [0.1, 0.15) is 17.0 Å². The van der Waals surface area contributed by atoms with Crippen LogP contribution in [0.4, 0.5) is 0 Å². The molecule has 0 spiro atoms. The number of rotatable bonds is 1. The summed E-state index contributed by atoms with van der Waals surface area (Å²) in [5.41, 5.74) is 2.60. The molecule has 3 heterocycles. The second kappa shape index (κ2) is 6.47. The molecule has 4 aromatic rings. The molecule has 1 amide bonds. The second-order valence-electron chi connectivity index (χ2n) is 7.18. The van der Waals surface area contributed by atoms with Gasteiger partial charge in [-0.25, -0.2) is 0 Å². The van der Waals surface area contributed by atoms with Gasteiger partial charge in [-0.3, -0.25) is 4.79 Å². The zero-order valence-electron chi connectivity index (χ0n) is 16.0. The molecule has 0 fully saturated rings. The minimum absolute atomic E-state index is 0.222. The van der Waals surface area contributed by atoms with Gasteiger partial charge in [-0.05, 0) is 12.1 Å². The zero-order chi connectivity index (χ0) is 20.2. The third-order valence-electron chi connectivity index (χ3n) is 5.44. The van der Waals surface area contributed by atoms with Gasteiger partial charge < -0.3 is 18.8 Å². The Morgan fingerprint density at radius 1 is 0.967 bits per heavy atom. The Labute approximate surface area is 175 Å². The number of para-hydroxylation sites is 2. The fraction of sp³-hybridized carbons (Fsp3) is 0.130. The first kappa shape index (κ1) is 17.3. The van der Waals surface area contributed by atoms with Crippen LogP contribution in [0, 0.1) is 0 Å². The van der Waals surface area contributed by atoms with Gasteiger partial charge in [-0.15, -0.1) is 0 Å². The summed E-state index contributed by atoms with van der Waals surface area (Å²) in [5.74, 6) is 2.08. The summed E-state index contributed by atoms with van der Waals surface area (Å²) in [6, 6.07) is 19.1. The summed E-state index contributed by atoms with van der Waals surface area (Å²) in [6.45, 7) is 0.231. The normalized spacial score (nSPS) is 15.0. The lowest BCUT2D eigenvalue weighted by atomic mass is 9.87. The van der Waals surface area contributed by atoms with Gasteiger partial charge in [-0.1, -0.05) is 47.7 Å². The van der Waals surface area contributed by atoms with Crippen LogP contribution in [-0.2, 0) is 11.8 Å². The molecule has 0 N–H and O–H groups in total. The maximum Gasteiger partial charge on any atom is 0.260 e. The number of thiazole rings is 1. The molecule has 0 unspecified atom stereocenters. The van der Waals surface area contributed by atoms with Crippen molar-refractivity contribution in [2.24, 2.45) is 12.0 Å². The van der Waals surface area contributed by atoms with E-state index in [1.54, 1.807) is 0 Å². The van der Waals surface area contributed by atoms with Crippen LogP contribution in [0.25, 0.3) is 10.2 Å². The smallest absolute Gasteiger partial charge is 0.260 e. The number of ether oxygens (including phenoxy) is 3. The topological polar surface area (TPSA) is 62.1 Å². The van der Waals surface area contributed by atoms with Gasteiger partial charge in [0.1, 0.15) is 11.5 Å². The van der Waals surface area contributed by atoms with Gasteiger partial charge in [-0.2, -0.15) is 4.99 Å². The van der Waals surface area contributed by atoms with Crippen molar-refractivity contribution in [3.8, 4) is 23.0 Å². The van der Waals surface area contributed by atoms with E-state index in [0.29, 0.717) is 22.0 Å². The van der Waals surface area contributed by atoms with E-state index in [1.807, 2.05) is 72.3 Å². The third-order valence-corrected chi connectivity index (χ3v) is 6.53. The number of aryl methyl sites for hydroxylation is 1. The Morgan fingerprint density at radius 3 is 2.30 bits per heavy atom. The first-order valence-corrected chi connectivity index (χ1v) is 10.3. The molecule has 3 aromatic carbocycles. The van der Waals surface area contributed by atoms with Gasteiger partial charge in [0.15, 0.2) is 16.3 Å². The Balaban J connectivity index is 1.50. The van der Waals surface area contributed by atoms with Crippen molar-refractivity contribution in [3.05, 3.63) is 76.6 Å². The molecule has 7 heteroatoms. The predicted molar refractivity (Wildman–Crippen MR) is 112 cm³/mol. The number of amides is 1. The van der Waals surface area contributed by atoms with E-state index in [-0.39, 0.29) is 12.7 Å². The first-order valence-electron chi connectivity index (χ1n) is 9.52. The maximum absolute atomic E-state index is 13.4. The number of fused-ring (bicyclic) bond motifs is 4. The van der Waals surface area contributed by atoms with Crippen molar-refractivity contribution < 1.29 is 19.0 Å². The lowest BCUT2D eigenvalue weighted by Gasteiger charge is -2.25. The van der Waals surface area contributed by atoms with Gasteiger partial charge >= 0.3 is 0 Å². The van der Waals surface area contributed by atoms with Crippen molar-refractivity contribution in [1.82, 2.24) is 4.57 Å². The van der Waals surface area contributed by atoms with Gasteiger partial charge in [0, 0.05) is 30.3 Å². The van der Waals surface area contributed by atoms with Gasteiger partial charge in [0.2, 0.25) is 6.79 Å². The molecule has 2 aliphatic heterocycles. The lowest BCUT2D eigenvalue weighted by Crippen LogP contribution is -2.21. The Kier molecular flexibility index (Phi) is 3.73. The van der Waals surface area contributed by atoms with Crippen LogP contribution in [0.2, 0.25) is 0 Å². The van der Waals surface area contributed by atoms with Gasteiger partial charge in [0.05, 0.1) is 16.1 Å². The fourth-order valence-electron chi connectivity index (χ4n) is 3.96. The van der Waals surface area contributed by atoms with Crippen molar-refractivity contribution in [1.29, 1.82) is 0 Å². The van der Waals surface area contributed by atoms with Crippen LogP contribution in [0.5, 0.6) is 23.0 Å². The van der Waals surface area contributed by atoms with E-state index in [4.69, 9.17) is 14.2 Å². The van der Waals surface area contributed by atoms with Crippen LogP contribution >= 0.6 is 11.3 Å². The van der Waals surface area contributed by atoms with Crippen molar-refractivity contribution in [2.45, 2.75) is 5.92 Å². The molecule has 0 radical (unpaired) electrons. The van der Waals surface area contributed by atoms with Crippen molar-refractivity contribution in [3.63, 3.8) is 0 Å². The molecule has 6 rings (SSSR count). The molecule has 0 bridgehead atoms. The van der Waals surface area contributed by atoms with Crippen LogP contribution < -0.4 is 19.0 Å². The summed E-state index contributed by atoms with van der Waals surface area (Å²) < 4.78 is 19.9. The SMILES string of the molecule is Cn1c(=NC(=O)C2c3ccccc3Oc3ccccc32)sc2cc3c(cc21)OCO3. The number of aromatic nitrogens is 1. The summed E-state index contributed by atoms with van der Waals surface area (Å²) in [7, 11) is 1.90. The molecule has 2 aliphatic rings. The summed E-state index contributed by atoms with van der Waals surface area (Å²) in [4.78, 5) is 18.6. The molecule has 0 saturated heterocycles. The molecule has 6 nitrogen and oxygen atoms in total. The number of benzene rings is 3. The highest BCUT2D eigenvalue weighted by Crippen LogP contribution is 2.44. The summed E-state index contributed by atoms with van der Waals surface area (Å²) in [5, 5.41) is 0. The Bertz CT molecular complexity index is 1360. The van der Waals surface area contributed by atoms with Gasteiger partial charge in [0.25, 0.3) is 5.91 Å². The number of nitrogens with zero attached hydrogens (tertiary/aromatic N) is 2. The molecular formula is C23H16N2O4S. The van der Waals surface area contributed by atoms with E-state index in [0.717, 1.165) is 27.1 Å². The van der Waals surface area contributed by atoms with E-state index >= 15 is 0 Å². The Morgan fingerprint density at radius 2 is 1.60 bits per heavy atom. The minimum atomic E-state index is -0.506. The summed E-state index contributed by atoms with van der Waals surface area (Å²) in [6.07, 6.45) is 0. The van der Waals surface area contributed by atoms with E-state index < -0.39 is 5.92 Å². The lowest BCUT2D eigenvalue weighted by molar-refractivity contribution is -0.118. The molecule has 148 valence electrons. The predicted octanol–water partition coefficient (Wildman–Crippen LogP) is 4.33. The fourth-order valence-corrected chi connectivity index (χ4v) is 4.99. The molecule has 30 heavy (non-hydrogen) atoms. The highest BCUT2D eigenvalue weighted by atomic mass is 32.1. The highest BCUT2D eigenvalue weighted by Gasteiger charge is 2.32. The largest absolute Gasteiger partial charge is 0.457 e. The number of carbonyl (C=O) groups excluding carboxylic acids is 1. The molecule has 0 atom stereocenters. The Hall–Kier alpha value is -3.58. The zero-order valence-corrected chi connectivity index (χ0v) is 16.8. The second-order valence-corrected chi connectivity index (χ2v) is 8.19. The van der Waals surface area contributed by atoms with Crippen LogP contribution in [0.15, 0.2) is 65.7 Å². The van der Waals surface area contributed by atoms with Crippen LogP contribution in [-0.4, -0.2) is 17.3 Å². The van der Waals surface area contributed by atoms with E-state index in [1.165, 1.54) is 11.3 Å². The minimum Gasteiger partial charge on any atom is -0.457 e.